The molecule has 1 aromatic heterocycles. The maximum absolute atomic E-state index is 13.7. The van der Waals surface area contributed by atoms with E-state index in [-0.39, 0.29) is 47.7 Å². The van der Waals surface area contributed by atoms with Gasteiger partial charge in [0.1, 0.15) is 17.9 Å². The lowest BCUT2D eigenvalue weighted by molar-refractivity contribution is -0.151. The summed E-state index contributed by atoms with van der Waals surface area (Å²) < 4.78 is 1.84. The van der Waals surface area contributed by atoms with E-state index in [4.69, 9.17) is 0 Å². The number of rotatable bonds is 15. The van der Waals surface area contributed by atoms with E-state index in [1.165, 1.54) is 4.90 Å². The highest BCUT2D eigenvalue weighted by molar-refractivity contribution is 5.93. The zero-order valence-corrected chi connectivity index (χ0v) is 27.6. The molecule has 2 aliphatic rings. The van der Waals surface area contributed by atoms with E-state index in [1.54, 1.807) is 0 Å². The number of hydrogen-bond donors (Lipinski definition) is 2. The van der Waals surface area contributed by atoms with Crippen LogP contribution in [0, 0.1) is 29.6 Å². The minimum atomic E-state index is -0.978. The van der Waals surface area contributed by atoms with Gasteiger partial charge in [0, 0.05) is 31.7 Å². The summed E-state index contributed by atoms with van der Waals surface area (Å²) in [5, 5.41) is 25.3. The van der Waals surface area contributed by atoms with Crippen LogP contribution in [-0.4, -0.2) is 72.4 Å². The zero-order chi connectivity index (χ0) is 32.9. The van der Waals surface area contributed by atoms with Crippen molar-refractivity contribution in [1.82, 2.24) is 30.4 Å². The first-order valence-electron chi connectivity index (χ1n) is 16.5. The SMILES string of the molecule is CC(C)[C@H](CC(=O)CCCCc1nnnn1C(C)(C)c1ccccc1)C(=O)N[C@H](C(=O)N1CC2CCC[C@@H]2C1C(=O)O)C(C)C. The Bertz CT molecular complexity index is 1340. The molecule has 0 bridgehead atoms. The van der Waals surface area contributed by atoms with Crippen LogP contribution in [0.5, 0.6) is 0 Å². The third kappa shape index (κ3) is 7.79. The minimum Gasteiger partial charge on any atom is -0.480 e. The van der Waals surface area contributed by atoms with Gasteiger partial charge in [0.2, 0.25) is 11.8 Å². The molecule has 1 saturated heterocycles. The number of Topliss-reactive ketones (excluding diaryl/α,β-unsaturated/α-hetero) is 1. The standard InChI is InChI=1S/C34H50N6O5/c1-21(2)27(31(42)35-29(22(3)4)32(43)39-20-23-13-12-17-26(23)30(39)33(44)45)19-25(41)16-10-11-18-28-36-37-38-40(28)34(5,6)24-14-8-7-9-15-24/h7-9,14-15,21-23,26-27,29-30H,10-13,16-20H2,1-6H3,(H,35,42)(H,44,45)/t23?,26-,27-,29-,30?/m0/s1. The summed E-state index contributed by atoms with van der Waals surface area (Å²) in [6.45, 7) is 12.1. The summed E-state index contributed by atoms with van der Waals surface area (Å²) in [6, 6.07) is 8.36. The molecule has 2 aromatic rings. The fraction of sp³-hybridized carbons (Fsp3) is 0.676. The van der Waals surface area contributed by atoms with Crippen molar-refractivity contribution in [3.05, 3.63) is 41.7 Å². The van der Waals surface area contributed by atoms with E-state index in [0.717, 1.165) is 37.1 Å². The minimum absolute atomic E-state index is 0.00112. The molecule has 5 atom stereocenters. The highest BCUT2D eigenvalue weighted by Gasteiger charge is 2.51. The normalized spacial score (nSPS) is 21.2. The van der Waals surface area contributed by atoms with E-state index < -0.39 is 29.5 Å². The van der Waals surface area contributed by atoms with Crippen molar-refractivity contribution < 1.29 is 24.3 Å². The van der Waals surface area contributed by atoms with Crippen LogP contribution in [0.3, 0.4) is 0 Å². The molecular weight excluding hydrogens is 572 g/mol. The summed E-state index contributed by atoms with van der Waals surface area (Å²) in [4.78, 5) is 53.9. The first-order chi connectivity index (χ1) is 21.3. The van der Waals surface area contributed by atoms with Crippen molar-refractivity contribution >= 4 is 23.6 Å². The van der Waals surface area contributed by atoms with E-state index >= 15 is 0 Å². The van der Waals surface area contributed by atoms with E-state index in [0.29, 0.717) is 25.8 Å². The Labute approximate surface area is 266 Å². The Balaban J connectivity index is 1.31. The van der Waals surface area contributed by atoms with Gasteiger partial charge in [-0.05, 0) is 79.2 Å². The molecule has 246 valence electrons. The number of aromatic nitrogens is 4. The Morgan fingerprint density at radius 3 is 2.38 bits per heavy atom. The number of ketones is 1. The second-order valence-electron chi connectivity index (χ2n) is 14.1. The number of benzene rings is 1. The molecule has 11 heteroatoms. The number of aliphatic carboxylic acids is 1. The summed E-state index contributed by atoms with van der Waals surface area (Å²) in [5.41, 5.74) is 0.670. The van der Waals surface area contributed by atoms with E-state index in [2.05, 4.69) is 46.8 Å². The molecule has 2 heterocycles. The topological polar surface area (TPSA) is 147 Å². The first-order valence-corrected chi connectivity index (χ1v) is 16.5. The number of amides is 2. The van der Waals surface area contributed by atoms with Crippen LogP contribution in [0.4, 0.5) is 0 Å². The number of fused-ring (bicyclic) bond motifs is 1. The number of hydrogen-bond acceptors (Lipinski definition) is 7. The van der Waals surface area contributed by atoms with Gasteiger partial charge in [0.25, 0.3) is 0 Å². The van der Waals surface area contributed by atoms with Crippen molar-refractivity contribution in [2.75, 3.05) is 6.54 Å². The number of carboxylic acids is 1. The van der Waals surface area contributed by atoms with Crippen LogP contribution < -0.4 is 5.32 Å². The Hall–Kier alpha value is -3.63. The molecule has 2 amide bonds. The molecule has 2 unspecified atom stereocenters. The van der Waals surface area contributed by atoms with Crippen molar-refractivity contribution in [2.45, 2.75) is 111 Å². The predicted molar refractivity (Wildman–Crippen MR) is 169 cm³/mol. The van der Waals surface area contributed by atoms with Crippen molar-refractivity contribution in [3.8, 4) is 0 Å². The third-order valence-corrected chi connectivity index (χ3v) is 9.90. The average molecular weight is 623 g/mol. The summed E-state index contributed by atoms with van der Waals surface area (Å²) in [5.74, 6) is -1.66. The van der Waals surface area contributed by atoms with Gasteiger partial charge in [-0.25, -0.2) is 9.48 Å². The Morgan fingerprint density at radius 2 is 1.73 bits per heavy atom. The van der Waals surface area contributed by atoms with Gasteiger partial charge in [0.05, 0.1) is 5.54 Å². The van der Waals surface area contributed by atoms with Crippen molar-refractivity contribution in [2.24, 2.45) is 29.6 Å². The Kier molecular flexibility index (Phi) is 11.1. The average Bonchev–Trinajstić information content (AvgIpc) is 3.73. The molecule has 1 aliphatic carbocycles. The van der Waals surface area contributed by atoms with Gasteiger partial charge in [-0.15, -0.1) is 5.10 Å². The quantitative estimate of drug-likeness (QED) is 0.280. The predicted octanol–water partition coefficient (Wildman–Crippen LogP) is 4.25. The lowest BCUT2D eigenvalue weighted by Crippen LogP contribution is -2.55. The maximum atomic E-state index is 13.7. The highest BCUT2D eigenvalue weighted by atomic mass is 16.4. The van der Waals surface area contributed by atoms with E-state index in [9.17, 15) is 24.3 Å². The summed E-state index contributed by atoms with van der Waals surface area (Å²) >= 11 is 0. The largest absolute Gasteiger partial charge is 0.480 e. The smallest absolute Gasteiger partial charge is 0.326 e. The van der Waals surface area contributed by atoms with E-state index in [1.807, 2.05) is 50.6 Å². The second-order valence-corrected chi connectivity index (χ2v) is 14.1. The molecular formula is C34H50N6O5. The number of unbranched alkanes of at least 4 members (excludes halogenated alkanes) is 1. The molecule has 1 saturated carbocycles. The van der Waals surface area contributed by atoms with Gasteiger partial charge < -0.3 is 15.3 Å². The molecule has 11 nitrogen and oxygen atoms in total. The molecule has 1 aromatic carbocycles. The summed E-state index contributed by atoms with van der Waals surface area (Å²) in [7, 11) is 0. The molecule has 45 heavy (non-hydrogen) atoms. The van der Waals surface area contributed by atoms with Crippen molar-refractivity contribution in [3.63, 3.8) is 0 Å². The fourth-order valence-corrected chi connectivity index (χ4v) is 7.15. The molecule has 2 fully saturated rings. The number of aryl methyl sites for hydroxylation is 1. The number of carbonyl (C=O) groups excluding carboxylic acids is 3. The fourth-order valence-electron chi connectivity index (χ4n) is 7.15. The molecule has 4 rings (SSSR count). The van der Waals surface area contributed by atoms with Crippen LogP contribution in [0.25, 0.3) is 0 Å². The first kappa shape index (κ1) is 34.2. The van der Waals surface area contributed by atoms with Crippen LogP contribution in [0.1, 0.15) is 97.9 Å². The van der Waals surface area contributed by atoms with Gasteiger partial charge in [-0.1, -0.05) is 64.4 Å². The monoisotopic (exact) mass is 622 g/mol. The lowest BCUT2D eigenvalue weighted by atomic mass is 9.88. The molecule has 0 spiro atoms. The van der Waals surface area contributed by atoms with Crippen LogP contribution >= 0.6 is 0 Å². The van der Waals surface area contributed by atoms with Gasteiger partial charge in [-0.2, -0.15) is 0 Å². The zero-order valence-electron chi connectivity index (χ0n) is 27.6. The van der Waals surface area contributed by atoms with Gasteiger partial charge in [0.15, 0.2) is 5.82 Å². The van der Waals surface area contributed by atoms with Gasteiger partial charge >= 0.3 is 5.97 Å². The second kappa shape index (κ2) is 14.6. The third-order valence-electron chi connectivity index (χ3n) is 9.90. The number of carboxylic acid groups (broad SMARTS) is 1. The maximum Gasteiger partial charge on any atom is 0.326 e. The molecule has 1 aliphatic heterocycles. The van der Waals surface area contributed by atoms with Gasteiger partial charge in [-0.3, -0.25) is 14.4 Å². The van der Waals surface area contributed by atoms with Crippen LogP contribution in [0.15, 0.2) is 30.3 Å². The lowest BCUT2D eigenvalue weighted by Gasteiger charge is -2.32. The number of nitrogens with one attached hydrogen (secondary N) is 1. The molecule has 2 N–H and O–H groups in total. The molecule has 0 radical (unpaired) electrons. The Morgan fingerprint density at radius 1 is 1.02 bits per heavy atom. The number of carbonyl (C=O) groups is 4. The number of nitrogens with zero attached hydrogens (tertiary/aromatic N) is 5. The number of tetrazole rings is 1. The van der Waals surface area contributed by atoms with Crippen LogP contribution in [0.2, 0.25) is 0 Å². The van der Waals surface area contributed by atoms with Crippen LogP contribution in [-0.2, 0) is 31.1 Å². The summed E-state index contributed by atoms with van der Waals surface area (Å²) in [6.07, 6.45) is 5.14. The number of likely N-dealkylation sites (tertiary alicyclic amines) is 1. The van der Waals surface area contributed by atoms with Crippen molar-refractivity contribution in [1.29, 1.82) is 0 Å². The highest BCUT2D eigenvalue weighted by Crippen LogP contribution is 2.42.